The highest BCUT2D eigenvalue weighted by molar-refractivity contribution is 5.88. The van der Waals surface area contributed by atoms with Gasteiger partial charge in [-0.2, -0.15) is 5.10 Å². The topological polar surface area (TPSA) is 85.9 Å². The van der Waals surface area contributed by atoms with E-state index in [-0.39, 0.29) is 0 Å². The van der Waals surface area contributed by atoms with Crippen LogP contribution in [0.1, 0.15) is 39.0 Å². The number of nitrogens with two attached hydrogens (primary N) is 1. The summed E-state index contributed by atoms with van der Waals surface area (Å²) in [4.78, 5) is 10.6. The predicted octanol–water partition coefficient (Wildman–Crippen LogP) is 1.60. The first-order valence-corrected chi connectivity index (χ1v) is 5.83. The molecule has 3 N–H and O–H groups in total. The number of urea groups is 1. The summed E-state index contributed by atoms with van der Waals surface area (Å²) < 4.78 is 10.2. The van der Waals surface area contributed by atoms with Crippen molar-refractivity contribution in [2.24, 2.45) is 10.8 Å². The maximum absolute atomic E-state index is 10.6. The molecule has 0 rings (SSSR count). The van der Waals surface area contributed by atoms with Gasteiger partial charge in [0.25, 0.3) is 0 Å². The number of nitrogens with one attached hydrogen (secondary N) is 1. The van der Waals surface area contributed by atoms with E-state index in [1.54, 1.807) is 0 Å². The van der Waals surface area contributed by atoms with E-state index >= 15 is 0 Å². The standard InChI is InChI=1S/C11H23N3O3/c1-4-5-6-7-8-9(10(16-2)17-3)13-14-11(12)15/h10H,4-8H2,1-3H3,(H3,12,14,15)/b13-9+. The molecule has 0 aromatic rings. The number of hydrogen-bond donors (Lipinski definition) is 2. The molecule has 0 radical (unpaired) electrons. The van der Waals surface area contributed by atoms with Crippen molar-refractivity contribution >= 4 is 11.7 Å². The van der Waals surface area contributed by atoms with Crippen LogP contribution in [0.3, 0.4) is 0 Å². The summed E-state index contributed by atoms with van der Waals surface area (Å²) in [6.45, 7) is 2.15. The lowest BCUT2D eigenvalue weighted by molar-refractivity contribution is -0.0535. The Labute approximate surface area is 103 Å². The zero-order valence-electron chi connectivity index (χ0n) is 10.9. The van der Waals surface area contributed by atoms with Crippen LogP contribution in [0.5, 0.6) is 0 Å². The molecule has 0 unspecified atom stereocenters. The van der Waals surface area contributed by atoms with E-state index in [1.807, 2.05) is 0 Å². The number of hydrogen-bond acceptors (Lipinski definition) is 4. The van der Waals surface area contributed by atoms with Crippen molar-refractivity contribution in [3.05, 3.63) is 0 Å². The van der Waals surface area contributed by atoms with Gasteiger partial charge in [-0.15, -0.1) is 0 Å². The first kappa shape index (κ1) is 15.9. The van der Waals surface area contributed by atoms with Crippen LogP contribution >= 0.6 is 0 Å². The molecule has 0 spiro atoms. The van der Waals surface area contributed by atoms with Gasteiger partial charge in [0.1, 0.15) is 0 Å². The van der Waals surface area contributed by atoms with Crippen molar-refractivity contribution in [3.63, 3.8) is 0 Å². The van der Waals surface area contributed by atoms with E-state index in [4.69, 9.17) is 15.2 Å². The third-order valence-electron chi connectivity index (χ3n) is 2.30. The highest BCUT2D eigenvalue weighted by atomic mass is 16.7. The molecule has 0 heterocycles. The number of carbonyl (C=O) groups is 1. The predicted molar refractivity (Wildman–Crippen MR) is 66.7 cm³/mol. The largest absolute Gasteiger partial charge is 0.351 e. The minimum Gasteiger partial charge on any atom is -0.351 e. The van der Waals surface area contributed by atoms with Gasteiger partial charge in [-0.3, -0.25) is 0 Å². The van der Waals surface area contributed by atoms with Crippen molar-refractivity contribution in [1.29, 1.82) is 0 Å². The lowest BCUT2D eigenvalue weighted by atomic mass is 10.1. The van der Waals surface area contributed by atoms with Crippen LogP contribution in [0.15, 0.2) is 5.10 Å². The Kier molecular flexibility index (Phi) is 9.37. The smallest absolute Gasteiger partial charge is 0.332 e. The second-order valence-electron chi connectivity index (χ2n) is 3.69. The van der Waals surface area contributed by atoms with E-state index in [1.165, 1.54) is 27.1 Å². The molecule has 0 aromatic heterocycles. The SMILES string of the molecule is CCCCCC/C(=N\NC(N)=O)C(OC)OC. The lowest BCUT2D eigenvalue weighted by Gasteiger charge is -2.15. The molecule has 0 bridgehead atoms. The number of methoxy groups -OCH3 is 2. The van der Waals surface area contributed by atoms with E-state index in [9.17, 15) is 4.79 Å². The third kappa shape index (κ3) is 7.70. The summed E-state index contributed by atoms with van der Waals surface area (Å²) in [5, 5.41) is 3.90. The summed E-state index contributed by atoms with van der Waals surface area (Å²) in [7, 11) is 3.06. The summed E-state index contributed by atoms with van der Waals surface area (Å²) in [5.41, 5.74) is 7.81. The Hall–Kier alpha value is -1.14. The van der Waals surface area contributed by atoms with Crippen molar-refractivity contribution in [3.8, 4) is 0 Å². The van der Waals surface area contributed by atoms with Gasteiger partial charge in [0.2, 0.25) is 0 Å². The Morgan fingerprint density at radius 3 is 2.41 bits per heavy atom. The number of primary amides is 1. The second kappa shape index (κ2) is 10.0. The van der Waals surface area contributed by atoms with Gasteiger partial charge in [-0.05, 0) is 12.8 Å². The third-order valence-corrected chi connectivity index (χ3v) is 2.30. The molecule has 0 aliphatic rings. The molecule has 6 nitrogen and oxygen atoms in total. The van der Waals surface area contributed by atoms with Gasteiger partial charge < -0.3 is 15.2 Å². The first-order valence-electron chi connectivity index (χ1n) is 5.83. The molecule has 17 heavy (non-hydrogen) atoms. The van der Waals surface area contributed by atoms with E-state index in [2.05, 4.69) is 17.5 Å². The van der Waals surface area contributed by atoms with E-state index in [0.717, 1.165) is 12.8 Å². The van der Waals surface area contributed by atoms with Crippen molar-refractivity contribution in [1.82, 2.24) is 5.43 Å². The summed E-state index contributed by atoms with van der Waals surface area (Å²) >= 11 is 0. The number of ether oxygens (including phenoxy) is 2. The number of unbranched alkanes of at least 4 members (excludes halogenated alkanes) is 3. The van der Waals surface area contributed by atoms with Crippen LogP contribution in [0.2, 0.25) is 0 Å². The van der Waals surface area contributed by atoms with Gasteiger partial charge in [0, 0.05) is 14.2 Å². The fraction of sp³-hybridized carbons (Fsp3) is 0.818. The van der Waals surface area contributed by atoms with Crippen LogP contribution in [-0.4, -0.2) is 32.3 Å². The maximum atomic E-state index is 10.6. The molecular formula is C11H23N3O3. The average Bonchev–Trinajstić information content (AvgIpc) is 2.31. The fourth-order valence-corrected chi connectivity index (χ4v) is 1.45. The summed E-state index contributed by atoms with van der Waals surface area (Å²) in [6.07, 6.45) is 4.63. The minimum atomic E-state index is -0.693. The fourth-order valence-electron chi connectivity index (χ4n) is 1.45. The van der Waals surface area contributed by atoms with Gasteiger partial charge >= 0.3 is 6.03 Å². The Morgan fingerprint density at radius 1 is 1.29 bits per heavy atom. The van der Waals surface area contributed by atoms with E-state index in [0.29, 0.717) is 12.1 Å². The van der Waals surface area contributed by atoms with Crippen LogP contribution in [0.4, 0.5) is 4.79 Å². The molecule has 0 aliphatic carbocycles. The van der Waals surface area contributed by atoms with Gasteiger partial charge in [-0.1, -0.05) is 26.2 Å². The van der Waals surface area contributed by atoms with Crippen LogP contribution in [0, 0.1) is 0 Å². The summed E-state index contributed by atoms with van der Waals surface area (Å²) in [5.74, 6) is 0. The Morgan fingerprint density at radius 2 is 1.94 bits per heavy atom. The van der Waals surface area contributed by atoms with Crippen molar-refractivity contribution in [2.45, 2.75) is 45.3 Å². The van der Waals surface area contributed by atoms with Crippen molar-refractivity contribution < 1.29 is 14.3 Å². The van der Waals surface area contributed by atoms with Crippen LogP contribution in [-0.2, 0) is 9.47 Å². The summed E-state index contributed by atoms with van der Waals surface area (Å²) in [6, 6.07) is -0.693. The molecule has 0 saturated heterocycles. The molecular weight excluding hydrogens is 222 g/mol. The molecule has 0 saturated carbocycles. The number of hydrazone groups is 1. The van der Waals surface area contributed by atoms with Crippen LogP contribution < -0.4 is 11.2 Å². The number of amides is 2. The van der Waals surface area contributed by atoms with Gasteiger partial charge in [-0.25, -0.2) is 10.2 Å². The second-order valence-corrected chi connectivity index (χ2v) is 3.69. The highest BCUT2D eigenvalue weighted by Gasteiger charge is 2.14. The zero-order valence-corrected chi connectivity index (χ0v) is 10.9. The lowest BCUT2D eigenvalue weighted by Crippen LogP contribution is -2.31. The molecule has 0 fully saturated rings. The molecule has 100 valence electrons. The minimum absolute atomic E-state index is 0.538. The molecule has 6 heteroatoms. The number of carbonyl (C=O) groups excluding carboxylic acids is 1. The van der Waals surface area contributed by atoms with E-state index < -0.39 is 12.3 Å². The normalized spacial score (nSPS) is 11.9. The monoisotopic (exact) mass is 245 g/mol. The Bertz CT molecular complexity index is 240. The van der Waals surface area contributed by atoms with Gasteiger partial charge in [0.05, 0.1) is 5.71 Å². The first-order chi connectivity index (χ1) is 8.15. The highest BCUT2D eigenvalue weighted by Crippen LogP contribution is 2.07. The molecule has 2 amide bonds. The number of nitrogens with zero attached hydrogens (tertiary/aromatic N) is 1. The molecule has 0 atom stereocenters. The maximum Gasteiger partial charge on any atom is 0.332 e. The quantitative estimate of drug-likeness (QED) is 0.280. The molecule has 0 aromatic carbocycles. The van der Waals surface area contributed by atoms with Gasteiger partial charge in [0.15, 0.2) is 6.29 Å². The van der Waals surface area contributed by atoms with Crippen molar-refractivity contribution in [2.75, 3.05) is 14.2 Å². The average molecular weight is 245 g/mol. The number of rotatable bonds is 9. The van der Waals surface area contributed by atoms with Crippen LogP contribution in [0.25, 0.3) is 0 Å². The molecule has 0 aliphatic heterocycles. The zero-order chi connectivity index (χ0) is 13.1. The Balaban J connectivity index is 4.28.